The molecule has 3 nitrogen and oxygen atoms in total. The van der Waals surface area contributed by atoms with Crippen LogP contribution in [0, 0.1) is 34.5 Å². The average molecular weight is 252 g/mol. The fourth-order valence-corrected chi connectivity index (χ4v) is 5.47. The van der Waals surface area contributed by atoms with Crippen LogP contribution in [0.4, 0.5) is 0 Å². The van der Waals surface area contributed by atoms with E-state index in [1.54, 1.807) is 0 Å². The van der Waals surface area contributed by atoms with Crippen molar-refractivity contribution in [2.75, 3.05) is 0 Å². The van der Waals surface area contributed by atoms with Crippen LogP contribution in [0.25, 0.3) is 0 Å². The summed E-state index contributed by atoms with van der Waals surface area (Å²) in [5, 5.41) is 20.8. The molecule has 0 heterocycles. The zero-order chi connectivity index (χ0) is 13.5. The van der Waals surface area contributed by atoms with Crippen molar-refractivity contribution in [3.05, 3.63) is 0 Å². The SMILES string of the molecule is C[C@H]1CC(=O)[C@@H]2[C@@H]3[C@H]1[C@@]2(C)[C@H](O)C[C@@H](O)C3(C)C. The number of carbonyl (C=O) groups is 1. The third kappa shape index (κ3) is 1.16. The van der Waals surface area contributed by atoms with Crippen molar-refractivity contribution in [3.63, 3.8) is 0 Å². The number of carbonyl (C=O) groups excluding carboxylic acids is 1. The number of fused-ring (bicyclic) bond motifs is 2. The molecule has 4 fully saturated rings. The van der Waals surface area contributed by atoms with Gasteiger partial charge in [-0.1, -0.05) is 27.7 Å². The summed E-state index contributed by atoms with van der Waals surface area (Å²) in [6, 6.07) is 0. The van der Waals surface area contributed by atoms with Gasteiger partial charge < -0.3 is 10.2 Å². The van der Waals surface area contributed by atoms with Gasteiger partial charge in [0, 0.05) is 24.2 Å². The smallest absolute Gasteiger partial charge is 0.137 e. The fraction of sp³-hybridized carbons (Fsp3) is 0.933. The molecule has 0 saturated heterocycles. The molecule has 102 valence electrons. The first-order valence-corrected chi connectivity index (χ1v) is 7.11. The lowest BCUT2D eigenvalue weighted by molar-refractivity contribution is -0.231. The van der Waals surface area contributed by atoms with Crippen molar-refractivity contribution in [1.82, 2.24) is 0 Å². The number of ketones is 1. The summed E-state index contributed by atoms with van der Waals surface area (Å²) in [6.07, 6.45) is 0.00462. The highest BCUT2D eigenvalue weighted by Crippen LogP contribution is 2.72. The zero-order valence-electron chi connectivity index (χ0n) is 11.7. The number of Topliss-reactive ketones (excluding diaryl/α,β-unsaturated/α-hetero) is 1. The molecular weight excluding hydrogens is 228 g/mol. The van der Waals surface area contributed by atoms with Gasteiger partial charge in [-0.25, -0.2) is 0 Å². The standard InChI is InChI=1S/C15H24O3/c1-7-5-8(16)12-13-11(7)15(12,4)10(18)6-9(17)14(13,2)3/h7,9-13,17-18H,5-6H2,1-4H3/t7-,9+,10+,11-,12+,13-,15+/m0/s1. The van der Waals surface area contributed by atoms with E-state index >= 15 is 0 Å². The van der Waals surface area contributed by atoms with Crippen LogP contribution in [-0.4, -0.2) is 28.2 Å². The molecule has 4 aliphatic carbocycles. The van der Waals surface area contributed by atoms with E-state index < -0.39 is 12.2 Å². The fourth-order valence-electron chi connectivity index (χ4n) is 5.47. The van der Waals surface area contributed by atoms with Crippen LogP contribution in [0.2, 0.25) is 0 Å². The minimum Gasteiger partial charge on any atom is -0.392 e. The van der Waals surface area contributed by atoms with E-state index in [0.717, 1.165) is 0 Å². The molecule has 0 spiro atoms. The Balaban J connectivity index is 2.13. The Morgan fingerprint density at radius 3 is 2.28 bits per heavy atom. The molecule has 4 aliphatic rings. The number of hydrogen-bond donors (Lipinski definition) is 2. The van der Waals surface area contributed by atoms with E-state index in [-0.39, 0.29) is 22.7 Å². The van der Waals surface area contributed by atoms with Gasteiger partial charge in [0.25, 0.3) is 0 Å². The largest absolute Gasteiger partial charge is 0.392 e. The second-order valence-electron chi connectivity index (χ2n) is 7.63. The van der Waals surface area contributed by atoms with E-state index in [1.807, 2.05) is 0 Å². The molecule has 3 heteroatoms. The molecule has 0 aliphatic heterocycles. The average Bonchev–Trinajstić information content (AvgIpc) is 2.31. The maximum absolute atomic E-state index is 12.4. The molecule has 0 unspecified atom stereocenters. The normalized spacial score (nSPS) is 57.8. The van der Waals surface area contributed by atoms with Gasteiger partial charge in [0.2, 0.25) is 0 Å². The summed E-state index contributed by atoms with van der Waals surface area (Å²) in [5.41, 5.74) is -0.565. The molecule has 0 radical (unpaired) electrons. The molecule has 4 rings (SSSR count). The maximum Gasteiger partial charge on any atom is 0.137 e. The Hall–Kier alpha value is -0.410. The molecule has 4 bridgehead atoms. The molecule has 4 saturated carbocycles. The van der Waals surface area contributed by atoms with Crippen molar-refractivity contribution >= 4 is 5.78 Å². The van der Waals surface area contributed by atoms with Gasteiger partial charge in [-0.15, -0.1) is 0 Å². The molecule has 18 heavy (non-hydrogen) atoms. The third-order valence-electron chi connectivity index (χ3n) is 6.50. The lowest BCUT2D eigenvalue weighted by Gasteiger charge is -2.68. The summed E-state index contributed by atoms with van der Waals surface area (Å²) in [5.74, 6) is 1.21. The highest BCUT2D eigenvalue weighted by Gasteiger charge is 2.74. The van der Waals surface area contributed by atoms with E-state index in [2.05, 4.69) is 27.7 Å². The molecular formula is C15H24O3. The van der Waals surface area contributed by atoms with Crippen LogP contribution in [0.3, 0.4) is 0 Å². The number of rotatable bonds is 0. The van der Waals surface area contributed by atoms with Gasteiger partial charge in [0.1, 0.15) is 5.78 Å². The van der Waals surface area contributed by atoms with Crippen molar-refractivity contribution < 1.29 is 15.0 Å². The molecule has 7 atom stereocenters. The van der Waals surface area contributed by atoms with Crippen LogP contribution in [0.15, 0.2) is 0 Å². The van der Waals surface area contributed by atoms with Gasteiger partial charge >= 0.3 is 0 Å². The minimum absolute atomic E-state index is 0.0409. The lowest BCUT2D eigenvalue weighted by atomic mass is 9.35. The van der Waals surface area contributed by atoms with Crippen LogP contribution in [0.1, 0.15) is 40.5 Å². The van der Waals surface area contributed by atoms with Gasteiger partial charge in [-0.3, -0.25) is 4.79 Å². The van der Waals surface area contributed by atoms with Crippen LogP contribution in [0.5, 0.6) is 0 Å². The first kappa shape index (κ1) is 12.6. The third-order valence-corrected chi connectivity index (χ3v) is 6.50. The van der Waals surface area contributed by atoms with E-state index in [0.29, 0.717) is 30.5 Å². The quantitative estimate of drug-likeness (QED) is 0.688. The lowest BCUT2D eigenvalue weighted by Crippen LogP contribution is -2.70. The van der Waals surface area contributed by atoms with E-state index in [4.69, 9.17) is 0 Å². The van der Waals surface area contributed by atoms with Crippen molar-refractivity contribution in [2.24, 2.45) is 34.5 Å². The second kappa shape index (κ2) is 3.37. The number of aliphatic hydroxyl groups excluding tert-OH is 2. The van der Waals surface area contributed by atoms with E-state index in [1.165, 1.54) is 0 Å². The highest BCUT2D eigenvalue weighted by atomic mass is 16.3. The predicted molar refractivity (Wildman–Crippen MR) is 67.8 cm³/mol. The highest BCUT2D eigenvalue weighted by molar-refractivity contribution is 5.86. The van der Waals surface area contributed by atoms with Crippen LogP contribution < -0.4 is 0 Å². The zero-order valence-corrected chi connectivity index (χ0v) is 11.7. The second-order valence-corrected chi connectivity index (χ2v) is 7.63. The Bertz CT molecular complexity index is 403. The maximum atomic E-state index is 12.4. The number of aliphatic hydroxyl groups is 2. The minimum atomic E-state index is -0.549. The van der Waals surface area contributed by atoms with Crippen LogP contribution >= 0.6 is 0 Å². The Kier molecular flexibility index (Phi) is 2.36. The Morgan fingerprint density at radius 1 is 1.11 bits per heavy atom. The summed E-state index contributed by atoms with van der Waals surface area (Å²) in [4.78, 5) is 12.4. The Labute approximate surface area is 109 Å². The van der Waals surface area contributed by atoms with E-state index in [9.17, 15) is 15.0 Å². The molecule has 0 aromatic rings. The predicted octanol–water partition coefficient (Wildman–Crippen LogP) is 1.62. The van der Waals surface area contributed by atoms with Crippen molar-refractivity contribution in [3.8, 4) is 0 Å². The Morgan fingerprint density at radius 2 is 1.72 bits per heavy atom. The molecule has 0 aromatic carbocycles. The van der Waals surface area contributed by atoms with Gasteiger partial charge in [-0.05, 0) is 23.2 Å². The first-order valence-electron chi connectivity index (χ1n) is 7.11. The summed E-state index contributed by atoms with van der Waals surface area (Å²) in [7, 11) is 0. The molecule has 0 aromatic heterocycles. The molecule has 2 N–H and O–H groups in total. The summed E-state index contributed by atoms with van der Waals surface area (Å²) < 4.78 is 0. The summed E-state index contributed by atoms with van der Waals surface area (Å²) >= 11 is 0. The van der Waals surface area contributed by atoms with Gasteiger partial charge in [0.15, 0.2) is 0 Å². The topological polar surface area (TPSA) is 57.5 Å². The molecule has 0 amide bonds. The summed E-state index contributed by atoms with van der Waals surface area (Å²) in [6.45, 7) is 8.31. The number of hydrogen-bond acceptors (Lipinski definition) is 3. The van der Waals surface area contributed by atoms with Gasteiger partial charge in [-0.2, -0.15) is 0 Å². The van der Waals surface area contributed by atoms with Gasteiger partial charge in [0.05, 0.1) is 12.2 Å². The first-order chi connectivity index (χ1) is 8.22. The monoisotopic (exact) mass is 252 g/mol. The van der Waals surface area contributed by atoms with Crippen molar-refractivity contribution in [2.45, 2.75) is 52.7 Å². The van der Waals surface area contributed by atoms with Crippen LogP contribution in [-0.2, 0) is 4.79 Å². The van der Waals surface area contributed by atoms with Crippen molar-refractivity contribution in [1.29, 1.82) is 0 Å².